The second-order valence-electron chi connectivity index (χ2n) is 4.44. The number of hydrogen-bond donors (Lipinski definition) is 2. The van der Waals surface area contributed by atoms with Crippen LogP contribution in [0.4, 0.5) is 5.82 Å². The lowest BCUT2D eigenvalue weighted by Crippen LogP contribution is -2.37. The summed E-state index contributed by atoms with van der Waals surface area (Å²) in [5.74, 6) is 2.58. The summed E-state index contributed by atoms with van der Waals surface area (Å²) in [5, 5.41) is 9.37. The summed E-state index contributed by atoms with van der Waals surface area (Å²) in [4.78, 5) is 15.3. The quantitative estimate of drug-likeness (QED) is 0.705. The van der Waals surface area contributed by atoms with E-state index in [1.54, 1.807) is 0 Å². The molecule has 1 saturated heterocycles. The van der Waals surface area contributed by atoms with Crippen LogP contribution in [-0.2, 0) is 4.74 Å². The Bertz CT molecular complexity index is 548. The summed E-state index contributed by atoms with van der Waals surface area (Å²) < 4.78 is 7.00. The van der Waals surface area contributed by atoms with Crippen molar-refractivity contribution in [3.05, 3.63) is 22.7 Å². The zero-order valence-corrected chi connectivity index (χ0v) is 10.0. The number of aromatic nitrogens is 2. The molecule has 2 heterocycles. The standard InChI is InChI=1S/C12H15N3O3/c1-3-12(7-16)8(2)6-10(18-12)15-5-4-9(13)14-11(15)17/h1,4-5,8,10,16H,6-7H2,2H3,(H2,13,14,17)/t8-,10+,12+/m0/s1. The molecule has 6 heteroatoms. The van der Waals surface area contributed by atoms with Gasteiger partial charge in [-0.25, -0.2) is 4.79 Å². The molecule has 1 fully saturated rings. The summed E-state index contributed by atoms with van der Waals surface area (Å²) in [5.41, 5.74) is 3.90. The van der Waals surface area contributed by atoms with Crippen LogP contribution in [0.15, 0.2) is 17.1 Å². The second kappa shape index (κ2) is 4.44. The van der Waals surface area contributed by atoms with Gasteiger partial charge in [0, 0.05) is 12.1 Å². The first-order chi connectivity index (χ1) is 8.52. The van der Waals surface area contributed by atoms with Gasteiger partial charge in [0.2, 0.25) is 0 Å². The van der Waals surface area contributed by atoms with E-state index in [1.807, 2.05) is 6.92 Å². The fraction of sp³-hybridized carbons (Fsp3) is 0.500. The van der Waals surface area contributed by atoms with E-state index in [0.29, 0.717) is 6.42 Å². The molecule has 0 unspecified atom stereocenters. The molecule has 1 aromatic heterocycles. The lowest BCUT2D eigenvalue weighted by molar-refractivity contribution is -0.0744. The Kier molecular flexibility index (Phi) is 3.11. The Morgan fingerprint density at radius 3 is 3.06 bits per heavy atom. The third-order valence-corrected chi connectivity index (χ3v) is 3.34. The molecule has 18 heavy (non-hydrogen) atoms. The van der Waals surface area contributed by atoms with E-state index in [0.717, 1.165) is 0 Å². The van der Waals surface area contributed by atoms with E-state index in [-0.39, 0.29) is 18.3 Å². The van der Waals surface area contributed by atoms with Crippen LogP contribution in [-0.4, -0.2) is 26.9 Å². The largest absolute Gasteiger partial charge is 0.392 e. The van der Waals surface area contributed by atoms with Crippen LogP contribution in [0.5, 0.6) is 0 Å². The van der Waals surface area contributed by atoms with Crippen LogP contribution in [0.3, 0.4) is 0 Å². The van der Waals surface area contributed by atoms with Crippen molar-refractivity contribution >= 4 is 5.82 Å². The van der Waals surface area contributed by atoms with Crippen molar-refractivity contribution in [2.45, 2.75) is 25.2 Å². The van der Waals surface area contributed by atoms with Crippen molar-refractivity contribution in [2.24, 2.45) is 5.92 Å². The number of ether oxygens (including phenoxy) is 1. The second-order valence-corrected chi connectivity index (χ2v) is 4.44. The third kappa shape index (κ3) is 1.88. The number of hydrogen-bond acceptors (Lipinski definition) is 5. The van der Waals surface area contributed by atoms with E-state index in [4.69, 9.17) is 16.9 Å². The minimum atomic E-state index is -1.04. The molecule has 1 aliphatic heterocycles. The Morgan fingerprint density at radius 2 is 2.56 bits per heavy atom. The number of nitrogens with two attached hydrogens (primary N) is 1. The molecule has 0 spiro atoms. The highest BCUT2D eigenvalue weighted by atomic mass is 16.5. The highest BCUT2D eigenvalue weighted by molar-refractivity contribution is 5.23. The normalized spacial score (nSPS) is 31.2. The van der Waals surface area contributed by atoms with Gasteiger partial charge in [0.1, 0.15) is 12.0 Å². The molecular weight excluding hydrogens is 234 g/mol. The number of anilines is 1. The van der Waals surface area contributed by atoms with Gasteiger partial charge in [-0.05, 0) is 12.5 Å². The lowest BCUT2D eigenvalue weighted by Gasteiger charge is -2.24. The molecule has 6 nitrogen and oxygen atoms in total. The maximum Gasteiger partial charge on any atom is 0.351 e. The maximum absolute atomic E-state index is 11.7. The van der Waals surface area contributed by atoms with Gasteiger partial charge in [-0.1, -0.05) is 12.8 Å². The third-order valence-electron chi connectivity index (χ3n) is 3.34. The first kappa shape index (κ1) is 12.6. The minimum absolute atomic E-state index is 0.0537. The Labute approximate surface area is 104 Å². The maximum atomic E-state index is 11.7. The molecule has 0 aliphatic carbocycles. The van der Waals surface area contributed by atoms with E-state index in [2.05, 4.69) is 10.9 Å². The van der Waals surface area contributed by atoms with Gasteiger partial charge in [0.15, 0.2) is 5.60 Å². The molecule has 0 bridgehead atoms. The Balaban J connectivity index is 2.33. The van der Waals surface area contributed by atoms with E-state index < -0.39 is 17.5 Å². The van der Waals surface area contributed by atoms with E-state index in [9.17, 15) is 9.90 Å². The number of terminal acetylenes is 1. The fourth-order valence-corrected chi connectivity index (χ4v) is 2.13. The van der Waals surface area contributed by atoms with Crippen molar-refractivity contribution in [2.75, 3.05) is 12.3 Å². The van der Waals surface area contributed by atoms with Crippen LogP contribution >= 0.6 is 0 Å². The van der Waals surface area contributed by atoms with E-state index in [1.165, 1.54) is 16.8 Å². The van der Waals surface area contributed by atoms with E-state index >= 15 is 0 Å². The molecular formula is C12H15N3O3. The minimum Gasteiger partial charge on any atom is -0.392 e. The number of nitrogen functional groups attached to an aromatic ring is 1. The number of nitrogens with zero attached hydrogens (tertiary/aromatic N) is 2. The van der Waals surface area contributed by atoms with Gasteiger partial charge in [-0.2, -0.15) is 4.98 Å². The summed E-state index contributed by atoms with van der Waals surface area (Å²) in [7, 11) is 0. The highest BCUT2D eigenvalue weighted by Gasteiger charge is 2.45. The number of rotatable bonds is 2. The van der Waals surface area contributed by atoms with Gasteiger partial charge in [0.25, 0.3) is 0 Å². The zero-order chi connectivity index (χ0) is 13.3. The van der Waals surface area contributed by atoms with Gasteiger partial charge in [-0.15, -0.1) is 6.42 Å². The number of aliphatic hydroxyl groups is 1. The summed E-state index contributed by atoms with van der Waals surface area (Å²) in [6.07, 6.45) is 6.95. The first-order valence-corrected chi connectivity index (χ1v) is 5.63. The average molecular weight is 249 g/mol. The Hall–Kier alpha value is -1.84. The molecule has 2 rings (SSSR count). The van der Waals surface area contributed by atoms with Crippen molar-refractivity contribution in [1.82, 2.24) is 9.55 Å². The summed E-state index contributed by atoms with van der Waals surface area (Å²) in [6.45, 7) is 1.60. The van der Waals surface area contributed by atoms with Gasteiger partial charge in [0.05, 0.1) is 6.61 Å². The predicted octanol–water partition coefficient (Wildman–Crippen LogP) is -0.255. The smallest absolute Gasteiger partial charge is 0.351 e. The monoisotopic (exact) mass is 249 g/mol. The van der Waals surface area contributed by atoms with Gasteiger partial charge >= 0.3 is 5.69 Å². The molecule has 3 N–H and O–H groups in total. The van der Waals surface area contributed by atoms with Crippen molar-refractivity contribution in [3.8, 4) is 12.3 Å². The van der Waals surface area contributed by atoms with Crippen LogP contribution in [0.2, 0.25) is 0 Å². The van der Waals surface area contributed by atoms with Gasteiger partial charge in [-0.3, -0.25) is 4.57 Å². The lowest BCUT2D eigenvalue weighted by atomic mass is 9.90. The molecule has 0 aromatic carbocycles. The van der Waals surface area contributed by atoms with Crippen LogP contribution in [0.1, 0.15) is 19.6 Å². The topological polar surface area (TPSA) is 90.4 Å². The van der Waals surface area contributed by atoms with Crippen LogP contribution < -0.4 is 11.4 Å². The van der Waals surface area contributed by atoms with Crippen LogP contribution in [0, 0.1) is 18.3 Å². The van der Waals surface area contributed by atoms with Gasteiger partial charge < -0.3 is 15.6 Å². The molecule has 1 aliphatic rings. The molecule has 0 amide bonds. The fourth-order valence-electron chi connectivity index (χ4n) is 2.13. The van der Waals surface area contributed by atoms with Crippen LogP contribution in [0.25, 0.3) is 0 Å². The molecule has 0 radical (unpaired) electrons. The summed E-state index contributed by atoms with van der Waals surface area (Å²) >= 11 is 0. The Morgan fingerprint density at radius 1 is 1.83 bits per heavy atom. The predicted molar refractivity (Wildman–Crippen MR) is 65.5 cm³/mol. The molecule has 1 aromatic rings. The number of aliphatic hydroxyl groups excluding tert-OH is 1. The molecule has 3 atom stereocenters. The zero-order valence-electron chi connectivity index (χ0n) is 10.0. The molecule has 96 valence electrons. The summed E-state index contributed by atoms with van der Waals surface area (Å²) in [6, 6.07) is 1.52. The van der Waals surface area contributed by atoms with Crippen molar-refractivity contribution in [1.29, 1.82) is 0 Å². The first-order valence-electron chi connectivity index (χ1n) is 5.63. The molecule has 0 saturated carbocycles. The van der Waals surface area contributed by atoms with Crippen molar-refractivity contribution < 1.29 is 9.84 Å². The SMILES string of the molecule is C#C[C@]1(CO)O[C@@H](n2ccc(N)nc2=O)C[C@@H]1C. The highest BCUT2D eigenvalue weighted by Crippen LogP contribution is 2.39. The van der Waals surface area contributed by atoms with Crippen molar-refractivity contribution in [3.63, 3.8) is 0 Å². The average Bonchev–Trinajstić information content (AvgIpc) is 2.67.